The molecule has 2 heterocycles. The molecule has 5 N–H and O–H groups in total. The summed E-state index contributed by atoms with van der Waals surface area (Å²) in [5, 5.41) is 4.89. The number of thiol groups is 1. The summed E-state index contributed by atoms with van der Waals surface area (Å²) in [6.07, 6.45) is 6.06. The number of likely N-dealkylation sites (tertiary alicyclic amines) is 1. The van der Waals surface area contributed by atoms with Gasteiger partial charge >= 0.3 is 0 Å². The van der Waals surface area contributed by atoms with Crippen LogP contribution in [0, 0.1) is 0 Å². The van der Waals surface area contributed by atoms with Crippen LogP contribution in [0.4, 0.5) is 11.4 Å². The van der Waals surface area contributed by atoms with E-state index in [1.807, 2.05) is 17.0 Å². The number of nitrogens with zero attached hydrogens (tertiary/aromatic N) is 1. The van der Waals surface area contributed by atoms with Crippen LogP contribution in [0.15, 0.2) is 46.2 Å². The summed E-state index contributed by atoms with van der Waals surface area (Å²) in [4.78, 5) is 25.3. The quantitative estimate of drug-likeness (QED) is 0.0848. The molecule has 2 aromatic carbocycles. The van der Waals surface area contributed by atoms with E-state index in [1.165, 1.54) is 25.9 Å². The molecule has 2 aliphatic rings. The van der Waals surface area contributed by atoms with Crippen LogP contribution in [0.1, 0.15) is 38.5 Å². The van der Waals surface area contributed by atoms with E-state index in [-0.39, 0.29) is 11.1 Å². The third-order valence-corrected chi connectivity index (χ3v) is 7.80. The first kappa shape index (κ1) is 35.2. The number of amides is 1. The van der Waals surface area contributed by atoms with E-state index in [0.717, 1.165) is 41.5 Å². The zero-order chi connectivity index (χ0) is 28.3. The van der Waals surface area contributed by atoms with Crippen LogP contribution in [-0.4, -0.2) is 53.3 Å². The molecule has 6 nitrogen and oxygen atoms in total. The van der Waals surface area contributed by atoms with Gasteiger partial charge in [0.2, 0.25) is 11.1 Å². The van der Waals surface area contributed by atoms with Crippen molar-refractivity contribution >= 4 is 97.6 Å². The number of carbonyl (C=O) groups excluding carboxylic acids is 2. The van der Waals surface area contributed by atoms with E-state index in [0.29, 0.717) is 39.6 Å². The normalized spacial score (nSPS) is 13.9. The fraction of sp³-hybridized carbons (Fsp3) is 0.462. The van der Waals surface area contributed by atoms with Crippen molar-refractivity contribution in [3.8, 4) is 0 Å². The number of nitrogens with two attached hydrogens (primary N) is 2. The highest BCUT2D eigenvalue weighted by Crippen LogP contribution is 2.28. The number of nitrogen functional groups attached to an aromatic ring is 2. The van der Waals surface area contributed by atoms with Crippen molar-refractivity contribution in [3.05, 3.63) is 46.4 Å². The van der Waals surface area contributed by atoms with E-state index in [9.17, 15) is 9.59 Å². The van der Waals surface area contributed by atoms with Crippen molar-refractivity contribution in [1.29, 1.82) is 0 Å². The molecule has 4 rings (SSSR count). The van der Waals surface area contributed by atoms with Crippen LogP contribution in [0.25, 0.3) is 0 Å². The van der Waals surface area contributed by atoms with E-state index in [4.69, 9.17) is 46.3 Å². The molecule has 1 amide bonds. The van der Waals surface area contributed by atoms with Gasteiger partial charge in [-0.1, -0.05) is 39.1 Å². The first-order chi connectivity index (χ1) is 18.1. The van der Waals surface area contributed by atoms with Gasteiger partial charge < -0.3 is 21.7 Å². The maximum atomic E-state index is 11.8. The molecule has 2 aliphatic heterocycles. The Hall–Kier alpha value is -0.810. The third kappa shape index (κ3) is 16.3. The van der Waals surface area contributed by atoms with Crippen LogP contribution >= 0.6 is 75.1 Å². The highest BCUT2D eigenvalue weighted by atomic mass is 79.9. The smallest absolute Gasteiger partial charge is 0.223 e. The Morgan fingerprint density at radius 3 is 1.95 bits per heavy atom. The first-order valence-corrected chi connectivity index (χ1v) is 16.0. The zero-order valence-electron chi connectivity index (χ0n) is 21.2. The molecular formula is C26H36BrCl3N4O2S2. The van der Waals surface area contributed by atoms with Gasteiger partial charge in [0.1, 0.15) is 0 Å². The van der Waals surface area contributed by atoms with E-state index < -0.39 is 0 Å². The Balaban J connectivity index is 0.000000298. The molecule has 0 saturated carbocycles. The fourth-order valence-corrected chi connectivity index (χ4v) is 5.32. The van der Waals surface area contributed by atoms with Crippen molar-refractivity contribution in [2.45, 2.75) is 48.3 Å². The maximum absolute atomic E-state index is 11.8. The number of nitrogens with one attached hydrogen (secondary N) is 1. The van der Waals surface area contributed by atoms with E-state index in [2.05, 4.69) is 33.9 Å². The third-order valence-electron chi connectivity index (χ3n) is 5.24. The summed E-state index contributed by atoms with van der Waals surface area (Å²) in [6, 6.07) is 10.7. The lowest BCUT2D eigenvalue weighted by atomic mass is 10.3. The van der Waals surface area contributed by atoms with Gasteiger partial charge in [-0.25, -0.2) is 0 Å². The fourth-order valence-electron chi connectivity index (χ4n) is 3.25. The Bertz CT molecular complexity index is 987. The number of anilines is 2. The van der Waals surface area contributed by atoms with E-state index in [1.54, 1.807) is 36.0 Å². The van der Waals surface area contributed by atoms with Crippen LogP contribution in [0.3, 0.4) is 0 Å². The predicted molar refractivity (Wildman–Crippen MR) is 172 cm³/mol. The number of alkyl halides is 1. The van der Waals surface area contributed by atoms with Gasteiger partial charge in [0.05, 0.1) is 0 Å². The molecular weight excluding hydrogens is 651 g/mol. The SMILES string of the molecule is C1CCNC1.Nc1cc(Cl)ccc1S.Nc1cc(Cl)ccc1SCCC(=O)N1CCCC1.O=C(Cl)CCBr. The summed E-state index contributed by atoms with van der Waals surface area (Å²) < 4.78 is 0. The minimum Gasteiger partial charge on any atom is -0.398 e. The lowest BCUT2D eigenvalue weighted by Gasteiger charge is -2.14. The van der Waals surface area contributed by atoms with Gasteiger partial charge in [0, 0.05) is 68.2 Å². The van der Waals surface area contributed by atoms with Gasteiger partial charge in [0.15, 0.2) is 0 Å². The molecule has 0 unspecified atom stereocenters. The number of hydrogen-bond donors (Lipinski definition) is 4. The molecule has 0 radical (unpaired) electrons. The topological polar surface area (TPSA) is 101 Å². The molecule has 2 fully saturated rings. The number of thioether (sulfide) groups is 1. The number of benzene rings is 2. The average molecular weight is 687 g/mol. The second-order valence-electron chi connectivity index (χ2n) is 8.32. The molecule has 0 aliphatic carbocycles. The van der Waals surface area contributed by atoms with Gasteiger partial charge in [-0.05, 0) is 86.8 Å². The molecule has 38 heavy (non-hydrogen) atoms. The highest BCUT2D eigenvalue weighted by Gasteiger charge is 2.17. The van der Waals surface area contributed by atoms with Crippen LogP contribution in [-0.2, 0) is 9.59 Å². The van der Waals surface area contributed by atoms with Crippen molar-refractivity contribution < 1.29 is 9.59 Å². The first-order valence-electron chi connectivity index (χ1n) is 12.3. The second-order valence-corrected chi connectivity index (χ2v) is 12.0. The number of carbonyl (C=O) groups is 2. The monoisotopic (exact) mass is 684 g/mol. The van der Waals surface area contributed by atoms with Crippen molar-refractivity contribution in [2.24, 2.45) is 0 Å². The average Bonchev–Trinajstić information content (AvgIpc) is 3.61. The summed E-state index contributed by atoms with van der Waals surface area (Å²) in [5.74, 6) is 1.02. The summed E-state index contributed by atoms with van der Waals surface area (Å²) >= 11 is 25.1. The Labute approximate surface area is 259 Å². The molecule has 2 aromatic rings. The number of rotatable bonds is 6. The van der Waals surface area contributed by atoms with Crippen LogP contribution in [0.2, 0.25) is 10.0 Å². The summed E-state index contributed by atoms with van der Waals surface area (Å²) in [5.41, 5.74) is 12.6. The zero-order valence-corrected chi connectivity index (χ0v) is 26.8. The molecule has 0 spiro atoms. The Morgan fingerprint density at radius 2 is 1.53 bits per heavy atom. The van der Waals surface area contributed by atoms with Gasteiger partial charge in [0.25, 0.3) is 0 Å². The minimum absolute atomic E-state index is 0.257. The van der Waals surface area contributed by atoms with Gasteiger partial charge in [-0.3, -0.25) is 9.59 Å². The second kappa shape index (κ2) is 21.0. The largest absolute Gasteiger partial charge is 0.398 e. The van der Waals surface area contributed by atoms with Crippen molar-refractivity contribution in [3.63, 3.8) is 0 Å². The molecule has 2 saturated heterocycles. The van der Waals surface area contributed by atoms with Gasteiger partial charge in [-0.2, -0.15) is 0 Å². The molecule has 0 aromatic heterocycles. The van der Waals surface area contributed by atoms with E-state index >= 15 is 0 Å². The van der Waals surface area contributed by atoms with Crippen LogP contribution < -0.4 is 16.8 Å². The maximum Gasteiger partial charge on any atom is 0.223 e. The number of hydrogen-bond acceptors (Lipinski definition) is 7. The lowest BCUT2D eigenvalue weighted by Crippen LogP contribution is -2.27. The van der Waals surface area contributed by atoms with Crippen molar-refractivity contribution in [1.82, 2.24) is 10.2 Å². The molecule has 0 atom stereocenters. The van der Waals surface area contributed by atoms with Crippen LogP contribution in [0.5, 0.6) is 0 Å². The highest BCUT2D eigenvalue weighted by molar-refractivity contribution is 9.09. The predicted octanol–water partition coefficient (Wildman–Crippen LogP) is 7.14. The summed E-state index contributed by atoms with van der Waals surface area (Å²) in [7, 11) is 0. The number of halogens is 4. The lowest BCUT2D eigenvalue weighted by molar-refractivity contribution is -0.129. The van der Waals surface area contributed by atoms with Crippen molar-refractivity contribution in [2.75, 3.05) is 48.7 Å². The van der Waals surface area contributed by atoms with Gasteiger partial charge in [-0.15, -0.1) is 24.4 Å². The molecule has 212 valence electrons. The standard InChI is InChI=1S/C13H17ClN2OS.C6H6ClNS.C4H9N.C3H4BrClO/c14-10-3-4-12(11(15)9-10)18-8-5-13(17)16-6-1-2-7-16;7-4-1-2-6(9)5(8)3-4;1-2-4-5-3-1;4-2-1-3(5)6/h3-4,9H,1-2,5-8,15H2;1-3,9H,8H2;5H,1-4H2;1-2H2. The Kier molecular flexibility index (Phi) is 19.5. The molecule has 0 bridgehead atoms. The minimum atomic E-state index is -0.285. The molecule has 12 heteroatoms. The summed E-state index contributed by atoms with van der Waals surface area (Å²) in [6.45, 7) is 4.35. The Morgan fingerprint density at radius 1 is 0.947 bits per heavy atom.